The number of amides is 2. The molecule has 0 bridgehead atoms. The Morgan fingerprint density at radius 2 is 1.75 bits per heavy atom. The lowest BCUT2D eigenvalue weighted by Gasteiger charge is -2.17. The molecule has 0 radical (unpaired) electrons. The predicted molar refractivity (Wildman–Crippen MR) is 121 cm³/mol. The Hall–Kier alpha value is -3.59. The molecule has 0 spiro atoms. The average Bonchev–Trinajstić information content (AvgIpc) is 3.43. The van der Waals surface area contributed by atoms with E-state index in [1.54, 1.807) is 55.1 Å². The van der Waals surface area contributed by atoms with E-state index in [9.17, 15) is 18.0 Å². The first kappa shape index (κ1) is 21.6. The van der Waals surface area contributed by atoms with E-state index < -0.39 is 10.0 Å². The van der Waals surface area contributed by atoms with Gasteiger partial charge in [0.2, 0.25) is 5.91 Å². The second-order valence-corrected chi connectivity index (χ2v) is 9.48. The summed E-state index contributed by atoms with van der Waals surface area (Å²) in [7, 11) is -3.86. The van der Waals surface area contributed by atoms with E-state index in [0.29, 0.717) is 30.0 Å². The molecular weight excluding hydrogens is 430 g/mol. The van der Waals surface area contributed by atoms with Crippen molar-refractivity contribution in [3.05, 3.63) is 72.2 Å². The minimum absolute atomic E-state index is 0.0593. The van der Waals surface area contributed by atoms with Crippen LogP contribution < -0.4 is 14.9 Å². The Labute approximate surface area is 186 Å². The van der Waals surface area contributed by atoms with Gasteiger partial charge in [0, 0.05) is 23.8 Å². The summed E-state index contributed by atoms with van der Waals surface area (Å²) in [5.41, 5.74) is 2.48. The van der Waals surface area contributed by atoms with Crippen LogP contribution in [0.1, 0.15) is 30.0 Å². The van der Waals surface area contributed by atoms with Crippen LogP contribution in [0.3, 0.4) is 0 Å². The molecule has 166 valence electrons. The van der Waals surface area contributed by atoms with Crippen LogP contribution in [-0.4, -0.2) is 26.8 Å². The van der Waals surface area contributed by atoms with Crippen molar-refractivity contribution < 1.29 is 22.4 Å². The van der Waals surface area contributed by atoms with E-state index in [1.807, 2.05) is 6.07 Å². The second-order valence-electron chi connectivity index (χ2n) is 7.80. The second kappa shape index (κ2) is 8.51. The summed E-state index contributed by atoms with van der Waals surface area (Å²) in [5, 5.41) is 2.73. The van der Waals surface area contributed by atoms with E-state index in [4.69, 9.17) is 4.42 Å². The van der Waals surface area contributed by atoms with E-state index in [0.717, 1.165) is 5.56 Å². The first-order valence-corrected chi connectivity index (χ1v) is 11.6. The molecule has 32 heavy (non-hydrogen) atoms. The van der Waals surface area contributed by atoms with Crippen molar-refractivity contribution >= 4 is 38.9 Å². The highest BCUT2D eigenvalue weighted by atomic mass is 32.2. The molecule has 0 fully saturated rings. The number of furan rings is 1. The smallest absolute Gasteiger partial charge is 0.293 e. The summed E-state index contributed by atoms with van der Waals surface area (Å²) < 4.78 is 33.5. The molecule has 0 saturated heterocycles. The first-order chi connectivity index (χ1) is 15.2. The van der Waals surface area contributed by atoms with Crippen LogP contribution in [0, 0.1) is 5.92 Å². The highest BCUT2D eigenvalue weighted by molar-refractivity contribution is 7.92. The van der Waals surface area contributed by atoms with Crippen molar-refractivity contribution in [2.75, 3.05) is 21.5 Å². The van der Waals surface area contributed by atoms with Gasteiger partial charge in [0.15, 0.2) is 5.76 Å². The van der Waals surface area contributed by atoms with Crippen LogP contribution in [0.2, 0.25) is 0 Å². The number of nitrogens with zero attached hydrogens (tertiary/aromatic N) is 1. The van der Waals surface area contributed by atoms with E-state index in [-0.39, 0.29) is 28.4 Å². The van der Waals surface area contributed by atoms with Gasteiger partial charge in [-0.05, 0) is 60.5 Å². The van der Waals surface area contributed by atoms with E-state index in [1.165, 1.54) is 18.4 Å². The third-order valence-corrected chi connectivity index (χ3v) is 6.56. The quantitative estimate of drug-likeness (QED) is 0.589. The lowest BCUT2D eigenvalue weighted by atomic mass is 10.1. The van der Waals surface area contributed by atoms with Crippen molar-refractivity contribution in [1.82, 2.24) is 0 Å². The van der Waals surface area contributed by atoms with Crippen molar-refractivity contribution in [1.29, 1.82) is 0 Å². The van der Waals surface area contributed by atoms with Crippen LogP contribution in [0.4, 0.5) is 17.1 Å². The number of rotatable bonds is 6. The topological polar surface area (TPSA) is 109 Å². The molecule has 1 aromatic heterocycles. The summed E-state index contributed by atoms with van der Waals surface area (Å²) in [6, 6.07) is 14.3. The lowest BCUT2D eigenvalue weighted by Crippen LogP contribution is -2.28. The first-order valence-electron chi connectivity index (χ1n) is 10.2. The Kier molecular flexibility index (Phi) is 5.75. The van der Waals surface area contributed by atoms with Gasteiger partial charge in [-0.1, -0.05) is 19.9 Å². The zero-order valence-corrected chi connectivity index (χ0v) is 18.5. The van der Waals surface area contributed by atoms with Crippen LogP contribution in [0.5, 0.6) is 0 Å². The number of anilines is 3. The zero-order valence-electron chi connectivity index (χ0n) is 17.7. The fourth-order valence-electron chi connectivity index (χ4n) is 3.41. The normalized spacial score (nSPS) is 13.2. The molecular formula is C23H23N3O5S. The summed E-state index contributed by atoms with van der Waals surface area (Å²) in [4.78, 5) is 26.1. The van der Waals surface area contributed by atoms with E-state index in [2.05, 4.69) is 10.0 Å². The number of sulfonamides is 1. The maximum Gasteiger partial charge on any atom is 0.293 e. The number of fused-ring (bicyclic) bond motifs is 1. The SMILES string of the molecule is CC(C)C(=O)Nc1ccc(S(=O)(=O)Nc2ccc3c(c2)N(C(=O)c2ccco2)CC3)cc1. The summed E-state index contributed by atoms with van der Waals surface area (Å²) in [6.07, 6.45) is 2.12. The van der Waals surface area contributed by atoms with Gasteiger partial charge in [0.05, 0.1) is 16.8 Å². The Balaban J connectivity index is 1.52. The van der Waals surface area contributed by atoms with Gasteiger partial charge in [-0.15, -0.1) is 0 Å². The highest BCUT2D eigenvalue weighted by Crippen LogP contribution is 2.33. The van der Waals surface area contributed by atoms with Gasteiger partial charge in [-0.2, -0.15) is 0 Å². The highest BCUT2D eigenvalue weighted by Gasteiger charge is 2.28. The lowest BCUT2D eigenvalue weighted by molar-refractivity contribution is -0.118. The number of hydrogen-bond donors (Lipinski definition) is 2. The fourth-order valence-corrected chi connectivity index (χ4v) is 4.45. The third kappa shape index (κ3) is 4.38. The van der Waals surface area contributed by atoms with Gasteiger partial charge < -0.3 is 14.6 Å². The number of carbonyl (C=O) groups excluding carboxylic acids is 2. The molecule has 8 nitrogen and oxygen atoms in total. The number of benzene rings is 2. The Bertz CT molecular complexity index is 1250. The van der Waals surface area contributed by atoms with Crippen LogP contribution in [0.25, 0.3) is 0 Å². The molecule has 2 N–H and O–H groups in total. The Morgan fingerprint density at radius 1 is 1.03 bits per heavy atom. The molecule has 1 aliphatic heterocycles. The van der Waals surface area contributed by atoms with Gasteiger partial charge >= 0.3 is 0 Å². The molecule has 2 amide bonds. The van der Waals surface area contributed by atoms with Crippen LogP contribution in [-0.2, 0) is 21.2 Å². The van der Waals surface area contributed by atoms with E-state index >= 15 is 0 Å². The van der Waals surface area contributed by atoms with Crippen LogP contribution >= 0.6 is 0 Å². The van der Waals surface area contributed by atoms with Crippen molar-refractivity contribution in [3.8, 4) is 0 Å². The minimum Gasteiger partial charge on any atom is -0.459 e. The standard InChI is InChI=1S/C23H23N3O5S/c1-15(2)22(27)24-17-7-9-19(10-8-17)32(29,30)25-18-6-5-16-11-12-26(20(16)14-18)23(28)21-4-3-13-31-21/h3-10,13-15,25H,11-12H2,1-2H3,(H,24,27). The predicted octanol–water partition coefficient (Wildman–Crippen LogP) is 3.88. The summed E-state index contributed by atoms with van der Waals surface area (Å²) in [6.45, 7) is 4.05. The third-order valence-electron chi connectivity index (χ3n) is 5.17. The largest absolute Gasteiger partial charge is 0.459 e. The molecule has 0 saturated carbocycles. The summed E-state index contributed by atoms with van der Waals surface area (Å²) >= 11 is 0. The van der Waals surface area contributed by atoms with Gasteiger partial charge in [0.25, 0.3) is 15.9 Å². The zero-order chi connectivity index (χ0) is 22.9. The molecule has 2 aromatic carbocycles. The van der Waals surface area contributed by atoms with Crippen molar-refractivity contribution in [2.45, 2.75) is 25.2 Å². The molecule has 3 aromatic rings. The molecule has 0 aliphatic carbocycles. The molecule has 4 rings (SSSR count). The number of carbonyl (C=O) groups is 2. The molecule has 9 heteroatoms. The van der Waals surface area contributed by atoms with Gasteiger partial charge in [-0.3, -0.25) is 14.3 Å². The van der Waals surface area contributed by atoms with Crippen molar-refractivity contribution in [3.63, 3.8) is 0 Å². The van der Waals surface area contributed by atoms with Gasteiger partial charge in [-0.25, -0.2) is 8.42 Å². The van der Waals surface area contributed by atoms with Gasteiger partial charge in [0.1, 0.15) is 0 Å². The number of nitrogens with one attached hydrogen (secondary N) is 2. The summed E-state index contributed by atoms with van der Waals surface area (Å²) in [5.74, 6) is -0.370. The monoisotopic (exact) mass is 453 g/mol. The molecule has 0 atom stereocenters. The maximum atomic E-state index is 12.9. The minimum atomic E-state index is -3.86. The van der Waals surface area contributed by atoms with Crippen LogP contribution in [0.15, 0.2) is 70.2 Å². The molecule has 1 aliphatic rings. The molecule has 0 unspecified atom stereocenters. The fraction of sp³-hybridized carbons (Fsp3) is 0.217. The average molecular weight is 454 g/mol. The molecule has 2 heterocycles. The number of hydrogen-bond acceptors (Lipinski definition) is 5. The Morgan fingerprint density at radius 3 is 2.41 bits per heavy atom. The maximum absolute atomic E-state index is 12.9. The van der Waals surface area contributed by atoms with Crippen molar-refractivity contribution in [2.24, 2.45) is 5.92 Å².